The van der Waals surface area contributed by atoms with E-state index in [1.165, 1.54) is 11.9 Å². The van der Waals surface area contributed by atoms with Crippen LogP contribution in [0.25, 0.3) is 5.82 Å². The molecule has 0 amide bonds. The molecule has 3 N–H and O–H groups in total. The summed E-state index contributed by atoms with van der Waals surface area (Å²) in [6.45, 7) is 5.95. The number of aromatic nitrogens is 4. The van der Waals surface area contributed by atoms with Gasteiger partial charge in [-0.1, -0.05) is 17.7 Å². The van der Waals surface area contributed by atoms with Crippen LogP contribution in [0.1, 0.15) is 17.0 Å². The molecule has 0 spiro atoms. The molecule has 2 heterocycles. The van der Waals surface area contributed by atoms with Gasteiger partial charge in [0.25, 0.3) is 0 Å². The van der Waals surface area contributed by atoms with E-state index in [1.807, 2.05) is 51.1 Å². The van der Waals surface area contributed by atoms with E-state index >= 15 is 0 Å². The van der Waals surface area contributed by atoms with Crippen molar-refractivity contribution in [2.24, 2.45) is 0 Å². The molecule has 0 fully saturated rings. The maximum absolute atomic E-state index is 6.22. The molecule has 0 aliphatic carbocycles. The highest BCUT2D eigenvalue weighted by Crippen LogP contribution is 2.25. The van der Waals surface area contributed by atoms with Crippen LogP contribution in [0.2, 0.25) is 0 Å². The number of nitrogen functional groups attached to an aromatic ring is 1. The molecule has 22 heavy (non-hydrogen) atoms. The molecule has 0 saturated carbocycles. The minimum atomic E-state index is 0.467. The van der Waals surface area contributed by atoms with Crippen molar-refractivity contribution < 1.29 is 0 Å². The lowest BCUT2D eigenvalue weighted by Gasteiger charge is -2.12. The number of hydrogen-bond acceptors (Lipinski definition) is 5. The van der Waals surface area contributed by atoms with Gasteiger partial charge in [-0.15, -0.1) is 0 Å². The van der Waals surface area contributed by atoms with Gasteiger partial charge in [0.1, 0.15) is 12.0 Å². The van der Waals surface area contributed by atoms with Gasteiger partial charge in [0.05, 0.1) is 5.69 Å². The van der Waals surface area contributed by atoms with Crippen molar-refractivity contribution in [1.82, 2.24) is 19.7 Å². The fourth-order valence-corrected chi connectivity index (χ4v) is 2.27. The van der Waals surface area contributed by atoms with Gasteiger partial charge >= 0.3 is 0 Å². The van der Waals surface area contributed by atoms with Crippen LogP contribution in [0.15, 0.2) is 36.7 Å². The van der Waals surface area contributed by atoms with Crippen molar-refractivity contribution in [3.05, 3.63) is 53.6 Å². The van der Waals surface area contributed by atoms with E-state index in [-0.39, 0.29) is 0 Å². The fraction of sp³-hybridized carbons (Fsp3) is 0.188. The molecule has 6 nitrogen and oxygen atoms in total. The molecule has 0 atom stereocenters. The Morgan fingerprint density at radius 2 is 1.77 bits per heavy atom. The van der Waals surface area contributed by atoms with Crippen LogP contribution in [0, 0.1) is 20.8 Å². The van der Waals surface area contributed by atoms with E-state index in [9.17, 15) is 0 Å². The molecule has 3 aromatic rings. The van der Waals surface area contributed by atoms with E-state index < -0.39 is 0 Å². The molecule has 2 aromatic heterocycles. The zero-order valence-corrected chi connectivity index (χ0v) is 12.8. The first-order valence-electron chi connectivity index (χ1n) is 7.02. The Balaban J connectivity index is 1.98. The minimum Gasteiger partial charge on any atom is -0.393 e. The summed E-state index contributed by atoms with van der Waals surface area (Å²) in [5.74, 6) is 1.15. The standard InChI is InChI=1S/C16H18N6/c1-10-4-6-13(7-5-10)20-15-14(17)16(19-9-18-15)22-12(3)8-11(2)21-22/h4-9H,17H2,1-3H3,(H,18,19,20). The molecule has 0 radical (unpaired) electrons. The van der Waals surface area contributed by atoms with Gasteiger partial charge in [-0.3, -0.25) is 0 Å². The van der Waals surface area contributed by atoms with Crippen LogP contribution in [0.4, 0.5) is 17.2 Å². The topological polar surface area (TPSA) is 81.7 Å². The van der Waals surface area contributed by atoms with Crippen LogP contribution >= 0.6 is 0 Å². The Labute approximate surface area is 129 Å². The zero-order valence-electron chi connectivity index (χ0n) is 12.8. The number of rotatable bonds is 3. The molecular formula is C16H18N6. The van der Waals surface area contributed by atoms with Crippen LogP contribution < -0.4 is 11.1 Å². The molecule has 6 heteroatoms. The number of hydrogen-bond donors (Lipinski definition) is 2. The van der Waals surface area contributed by atoms with Gasteiger partial charge in [0, 0.05) is 11.4 Å². The summed E-state index contributed by atoms with van der Waals surface area (Å²) in [5, 5.41) is 7.64. The third-order valence-electron chi connectivity index (χ3n) is 3.39. The third-order valence-corrected chi connectivity index (χ3v) is 3.39. The molecule has 0 bridgehead atoms. The Morgan fingerprint density at radius 1 is 1.05 bits per heavy atom. The van der Waals surface area contributed by atoms with Crippen LogP contribution in [0.3, 0.4) is 0 Å². The van der Waals surface area contributed by atoms with Crippen molar-refractivity contribution in [1.29, 1.82) is 0 Å². The Hall–Kier alpha value is -2.89. The molecule has 0 saturated heterocycles. The smallest absolute Gasteiger partial charge is 0.182 e. The molecule has 112 valence electrons. The number of nitrogens with zero attached hydrogens (tertiary/aromatic N) is 4. The third kappa shape index (κ3) is 2.63. The second-order valence-corrected chi connectivity index (χ2v) is 5.29. The SMILES string of the molecule is Cc1ccc(Nc2ncnc(-n3nc(C)cc3C)c2N)cc1. The lowest BCUT2D eigenvalue weighted by Crippen LogP contribution is -2.09. The van der Waals surface area contributed by atoms with Crippen molar-refractivity contribution in [3.8, 4) is 5.82 Å². The number of nitrogens with one attached hydrogen (secondary N) is 1. The highest BCUT2D eigenvalue weighted by Gasteiger charge is 2.13. The van der Waals surface area contributed by atoms with Crippen LogP contribution in [0.5, 0.6) is 0 Å². The predicted octanol–water partition coefficient (Wildman–Crippen LogP) is 2.91. The van der Waals surface area contributed by atoms with E-state index in [2.05, 4.69) is 20.4 Å². The van der Waals surface area contributed by atoms with E-state index in [0.29, 0.717) is 17.3 Å². The maximum Gasteiger partial charge on any atom is 0.182 e. The first-order valence-corrected chi connectivity index (χ1v) is 7.02. The van der Waals surface area contributed by atoms with Gasteiger partial charge in [-0.25, -0.2) is 14.6 Å². The van der Waals surface area contributed by atoms with E-state index in [0.717, 1.165) is 17.1 Å². The summed E-state index contributed by atoms with van der Waals surface area (Å²) in [7, 11) is 0. The van der Waals surface area contributed by atoms with E-state index in [1.54, 1.807) is 4.68 Å². The lowest BCUT2D eigenvalue weighted by molar-refractivity contribution is 0.804. The summed E-state index contributed by atoms with van der Waals surface area (Å²) >= 11 is 0. The largest absolute Gasteiger partial charge is 0.393 e. The van der Waals surface area contributed by atoms with Gasteiger partial charge in [-0.2, -0.15) is 5.10 Å². The maximum atomic E-state index is 6.22. The number of anilines is 3. The molecule has 3 rings (SSSR count). The summed E-state index contributed by atoms with van der Waals surface area (Å²) in [6, 6.07) is 10.0. The van der Waals surface area contributed by atoms with Gasteiger partial charge in [0.2, 0.25) is 0 Å². The monoisotopic (exact) mass is 294 g/mol. The summed E-state index contributed by atoms with van der Waals surface area (Å²) < 4.78 is 1.73. The molecule has 1 aromatic carbocycles. The normalized spacial score (nSPS) is 10.7. The molecular weight excluding hydrogens is 276 g/mol. The molecule has 0 aliphatic heterocycles. The molecule has 0 unspecified atom stereocenters. The summed E-state index contributed by atoms with van der Waals surface area (Å²) in [5.41, 5.74) is 10.7. The Morgan fingerprint density at radius 3 is 2.41 bits per heavy atom. The second kappa shape index (κ2) is 5.48. The first kappa shape index (κ1) is 14.1. The molecule has 0 aliphatic rings. The van der Waals surface area contributed by atoms with Gasteiger partial charge < -0.3 is 11.1 Å². The fourth-order valence-electron chi connectivity index (χ4n) is 2.27. The Kier molecular flexibility index (Phi) is 3.50. The highest BCUT2D eigenvalue weighted by molar-refractivity contribution is 5.73. The number of nitrogens with two attached hydrogens (primary N) is 1. The predicted molar refractivity (Wildman–Crippen MR) is 87.5 cm³/mol. The summed E-state index contributed by atoms with van der Waals surface area (Å²) in [6.07, 6.45) is 1.48. The van der Waals surface area contributed by atoms with Gasteiger partial charge in [-0.05, 0) is 39.0 Å². The van der Waals surface area contributed by atoms with Crippen molar-refractivity contribution in [2.45, 2.75) is 20.8 Å². The minimum absolute atomic E-state index is 0.467. The van der Waals surface area contributed by atoms with Crippen LogP contribution in [-0.4, -0.2) is 19.7 Å². The second-order valence-electron chi connectivity index (χ2n) is 5.29. The van der Waals surface area contributed by atoms with Crippen molar-refractivity contribution >= 4 is 17.2 Å². The summed E-state index contributed by atoms with van der Waals surface area (Å²) in [4.78, 5) is 8.49. The van der Waals surface area contributed by atoms with E-state index in [4.69, 9.17) is 5.73 Å². The zero-order chi connectivity index (χ0) is 15.7. The average molecular weight is 294 g/mol. The number of benzene rings is 1. The van der Waals surface area contributed by atoms with Gasteiger partial charge in [0.15, 0.2) is 11.6 Å². The van der Waals surface area contributed by atoms with Crippen molar-refractivity contribution in [3.63, 3.8) is 0 Å². The lowest BCUT2D eigenvalue weighted by atomic mass is 10.2. The highest BCUT2D eigenvalue weighted by atomic mass is 15.3. The van der Waals surface area contributed by atoms with Crippen LogP contribution in [-0.2, 0) is 0 Å². The average Bonchev–Trinajstić information content (AvgIpc) is 2.82. The number of aryl methyl sites for hydroxylation is 3. The van der Waals surface area contributed by atoms with Crippen molar-refractivity contribution in [2.75, 3.05) is 11.1 Å². The quantitative estimate of drug-likeness (QED) is 0.776. The Bertz CT molecular complexity index is 804. The first-order chi connectivity index (χ1) is 10.5.